The molecule has 0 bridgehead atoms. The van der Waals surface area contributed by atoms with E-state index >= 15 is 0 Å². The Kier molecular flexibility index (Phi) is 3.31. The highest BCUT2D eigenvalue weighted by atomic mass is 35.5. The molecular formula is C14H9Cl2N3O2. The Hall–Kier alpha value is -2.11. The van der Waals surface area contributed by atoms with Gasteiger partial charge in [-0.3, -0.25) is 14.8 Å². The lowest BCUT2D eigenvalue weighted by Gasteiger charge is -2.10. The Morgan fingerprint density at radius 2 is 1.95 bits per heavy atom. The van der Waals surface area contributed by atoms with Crippen LogP contribution >= 0.6 is 23.2 Å². The van der Waals surface area contributed by atoms with Crippen molar-refractivity contribution in [1.82, 2.24) is 14.5 Å². The number of rotatable bonds is 1. The number of aromatic amines is 1. The maximum atomic E-state index is 12.3. The van der Waals surface area contributed by atoms with Gasteiger partial charge in [0, 0.05) is 11.6 Å². The third-order valence-corrected chi connectivity index (χ3v) is 3.92. The maximum Gasteiger partial charge on any atom is 0.334 e. The van der Waals surface area contributed by atoms with Crippen molar-refractivity contribution in [1.29, 1.82) is 0 Å². The molecule has 0 saturated carbocycles. The molecule has 1 aromatic carbocycles. The van der Waals surface area contributed by atoms with Crippen molar-refractivity contribution in [3.05, 3.63) is 67.0 Å². The SMILES string of the molecule is Cc1c(Cl)[nH]c(=O)n(-c2ccc(Cl)c3cccnc23)c1=O. The molecule has 0 unspecified atom stereocenters. The Bertz CT molecular complexity index is 976. The van der Waals surface area contributed by atoms with Gasteiger partial charge in [-0.2, -0.15) is 0 Å². The van der Waals surface area contributed by atoms with Crippen LogP contribution in [0.5, 0.6) is 0 Å². The van der Waals surface area contributed by atoms with E-state index in [1.54, 1.807) is 37.4 Å². The van der Waals surface area contributed by atoms with Gasteiger partial charge in [0.05, 0.1) is 21.8 Å². The van der Waals surface area contributed by atoms with E-state index in [2.05, 4.69) is 9.97 Å². The summed E-state index contributed by atoms with van der Waals surface area (Å²) in [5.41, 5.74) is -0.0152. The van der Waals surface area contributed by atoms with E-state index in [0.29, 0.717) is 21.6 Å². The number of hydrogen-bond acceptors (Lipinski definition) is 3. The highest BCUT2D eigenvalue weighted by molar-refractivity contribution is 6.35. The van der Waals surface area contributed by atoms with Gasteiger partial charge in [-0.05, 0) is 31.2 Å². The van der Waals surface area contributed by atoms with Gasteiger partial charge < -0.3 is 0 Å². The summed E-state index contributed by atoms with van der Waals surface area (Å²) in [5, 5.41) is 1.19. The van der Waals surface area contributed by atoms with Crippen molar-refractivity contribution in [3.63, 3.8) is 0 Å². The quantitative estimate of drug-likeness (QED) is 0.701. The van der Waals surface area contributed by atoms with Crippen LogP contribution < -0.4 is 11.2 Å². The smallest absolute Gasteiger partial charge is 0.297 e. The van der Waals surface area contributed by atoms with E-state index in [-0.39, 0.29) is 10.7 Å². The molecule has 0 aliphatic carbocycles. The van der Waals surface area contributed by atoms with Crippen LogP contribution in [0.3, 0.4) is 0 Å². The first-order valence-electron chi connectivity index (χ1n) is 6.05. The second-order valence-electron chi connectivity index (χ2n) is 4.48. The highest BCUT2D eigenvalue weighted by Crippen LogP contribution is 2.26. The molecule has 0 atom stereocenters. The van der Waals surface area contributed by atoms with Crippen LogP contribution in [0.25, 0.3) is 16.6 Å². The van der Waals surface area contributed by atoms with Crippen LogP contribution in [-0.2, 0) is 0 Å². The molecule has 0 spiro atoms. The molecule has 0 aliphatic heterocycles. The third-order valence-electron chi connectivity index (χ3n) is 3.21. The summed E-state index contributed by atoms with van der Waals surface area (Å²) in [6.45, 7) is 1.54. The van der Waals surface area contributed by atoms with Crippen LogP contribution in [0.15, 0.2) is 40.1 Å². The summed E-state index contributed by atoms with van der Waals surface area (Å²) in [4.78, 5) is 31.1. The van der Waals surface area contributed by atoms with E-state index in [1.165, 1.54) is 0 Å². The number of hydrogen-bond donors (Lipinski definition) is 1. The molecule has 0 amide bonds. The predicted octanol–water partition coefficient (Wildman–Crippen LogP) is 2.69. The molecular weight excluding hydrogens is 313 g/mol. The number of benzene rings is 1. The second kappa shape index (κ2) is 5.02. The summed E-state index contributed by atoms with van der Waals surface area (Å²) in [6, 6.07) is 6.71. The second-order valence-corrected chi connectivity index (χ2v) is 5.26. The molecule has 0 fully saturated rings. The fourth-order valence-corrected chi connectivity index (χ4v) is 2.50. The van der Waals surface area contributed by atoms with Gasteiger partial charge in [-0.25, -0.2) is 9.36 Å². The number of nitrogens with zero attached hydrogens (tertiary/aromatic N) is 2. The number of halogens is 2. The van der Waals surface area contributed by atoms with Crippen LogP contribution in [0.4, 0.5) is 0 Å². The van der Waals surface area contributed by atoms with Crippen molar-refractivity contribution < 1.29 is 0 Å². The number of aromatic nitrogens is 3. The molecule has 0 aliphatic rings. The van der Waals surface area contributed by atoms with Crippen LogP contribution in [0, 0.1) is 6.92 Å². The van der Waals surface area contributed by atoms with Crippen molar-refractivity contribution in [2.45, 2.75) is 6.92 Å². The average Bonchev–Trinajstić information content (AvgIpc) is 2.47. The first-order valence-corrected chi connectivity index (χ1v) is 6.81. The van der Waals surface area contributed by atoms with Crippen molar-refractivity contribution >= 4 is 34.1 Å². The standard InChI is InChI=1S/C14H9Cl2N3O2/c1-7-12(16)18-14(21)19(13(7)20)10-5-4-9(15)8-3-2-6-17-11(8)10/h2-6H,1H3,(H,18,21). The van der Waals surface area contributed by atoms with Gasteiger partial charge in [0.15, 0.2) is 0 Å². The Morgan fingerprint density at radius 3 is 2.71 bits per heavy atom. The molecule has 5 nitrogen and oxygen atoms in total. The summed E-state index contributed by atoms with van der Waals surface area (Å²) in [6.07, 6.45) is 1.57. The Morgan fingerprint density at radius 1 is 1.19 bits per heavy atom. The van der Waals surface area contributed by atoms with E-state index in [0.717, 1.165) is 4.57 Å². The molecule has 2 heterocycles. The normalized spacial score (nSPS) is 11.0. The fraction of sp³-hybridized carbons (Fsp3) is 0.0714. The van der Waals surface area contributed by atoms with E-state index in [9.17, 15) is 9.59 Å². The number of fused-ring (bicyclic) bond motifs is 1. The fourth-order valence-electron chi connectivity index (χ4n) is 2.12. The summed E-state index contributed by atoms with van der Waals surface area (Å²) >= 11 is 11.9. The Balaban J connectivity index is 2.49. The largest absolute Gasteiger partial charge is 0.334 e. The van der Waals surface area contributed by atoms with Crippen molar-refractivity contribution in [2.75, 3.05) is 0 Å². The molecule has 21 heavy (non-hydrogen) atoms. The number of pyridine rings is 1. The predicted molar refractivity (Wildman–Crippen MR) is 82.7 cm³/mol. The van der Waals surface area contributed by atoms with Crippen LogP contribution in [0.1, 0.15) is 5.56 Å². The summed E-state index contributed by atoms with van der Waals surface area (Å²) in [5.74, 6) is 0. The van der Waals surface area contributed by atoms with Gasteiger partial charge in [0.2, 0.25) is 0 Å². The van der Waals surface area contributed by atoms with Crippen molar-refractivity contribution in [3.8, 4) is 5.69 Å². The lowest BCUT2D eigenvalue weighted by molar-refractivity contribution is 0.863. The number of H-pyrrole nitrogens is 1. The Labute approximate surface area is 128 Å². The summed E-state index contributed by atoms with van der Waals surface area (Å²) < 4.78 is 1.01. The van der Waals surface area contributed by atoms with Gasteiger partial charge in [0.25, 0.3) is 5.56 Å². The first-order chi connectivity index (χ1) is 10.0. The van der Waals surface area contributed by atoms with E-state index in [1.807, 2.05) is 0 Å². The third kappa shape index (κ3) is 2.14. The maximum absolute atomic E-state index is 12.3. The molecule has 0 radical (unpaired) electrons. The van der Waals surface area contributed by atoms with Gasteiger partial charge in [-0.15, -0.1) is 0 Å². The van der Waals surface area contributed by atoms with Crippen LogP contribution in [-0.4, -0.2) is 14.5 Å². The molecule has 0 saturated heterocycles. The highest BCUT2D eigenvalue weighted by Gasteiger charge is 2.14. The number of nitrogens with one attached hydrogen (secondary N) is 1. The summed E-state index contributed by atoms with van der Waals surface area (Å²) in [7, 11) is 0. The lowest BCUT2D eigenvalue weighted by Crippen LogP contribution is -2.35. The first kappa shape index (κ1) is 13.9. The molecule has 2 aromatic heterocycles. The van der Waals surface area contributed by atoms with Crippen LogP contribution in [0.2, 0.25) is 10.2 Å². The zero-order chi connectivity index (χ0) is 15.1. The zero-order valence-electron chi connectivity index (χ0n) is 10.9. The molecule has 106 valence electrons. The average molecular weight is 322 g/mol. The molecule has 3 rings (SSSR count). The zero-order valence-corrected chi connectivity index (χ0v) is 12.4. The van der Waals surface area contributed by atoms with Gasteiger partial charge >= 0.3 is 5.69 Å². The molecule has 3 aromatic rings. The van der Waals surface area contributed by atoms with E-state index in [4.69, 9.17) is 23.2 Å². The topological polar surface area (TPSA) is 67.8 Å². The monoisotopic (exact) mass is 321 g/mol. The molecule has 1 N–H and O–H groups in total. The van der Waals surface area contributed by atoms with Crippen molar-refractivity contribution in [2.24, 2.45) is 0 Å². The van der Waals surface area contributed by atoms with E-state index < -0.39 is 11.2 Å². The van der Waals surface area contributed by atoms with Gasteiger partial charge in [-0.1, -0.05) is 23.2 Å². The molecule has 7 heteroatoms. The minimum absolute atomic E-state index is 0.0347. The minimum Gasteiger partial charge on any atom is -0.297 e. The van der Waals surface area contributed by atoms with Gasteiger partial charge in [0.1, 0.15) is 5.15 Å². The lowest BCUT2D eigenvalue weighted by atomic mass is 10.2. The minimum atomic E-state index is -0.620.